The van der Waals surface area contributed by atoms with Crippen LogP contribution in [-0.2, 0) is 9.59 Å². The second-order valence-corrected chi connectivity index (χ2v) is 6.37. The first-order valence-electron chi connectivity index (χ1n) is 7.02. The molecule has 2 atom stereocenters. The van der Waals surface area contributed by atoms with Crippen LogP contribution in [0.3, 0.4) is 0 Å². The average Bonchev–Trinajstić information content (AvgIpc) is 2.73. The first-order valence-corrected chi connectivity index (χ1v) is 7.81. The quantitative estimate of drug-likeness (QED) is 0.832. The zero-order valence-electron chi connectivity index (χ0n) is 11.3. The summed E-state index contributed by atoms with van der Waals surface area (Å²) in [4.78, 5) is 36.6. The predicted octanol–water partition coefficient (Wildman–Crippen LogP) is 2.27. The summed E-state index contributed by atoms with van der Waals surface area (Å²) in [6.07, 6.45) is 3.41. The maximum atomic E-state index is 12.3. The minimum Gasteiger partial charge on any atom is -0.272 e. The van der Waals surface area contributed by atoms with Crippen molar-refractivity contribution < 1.29 is 14.4 Å². The zero-order chi connectivity index (χ0) is 15.0. The molecule has 1 aromatic carbocycles. The van der Waals surface area contributed by atoms with Crippen molar-refractivity contribution >= 4 is 33.7 Å². The lowest BCUT2D eigenvalue weighted by atomic mass is 9.81. The Balaban J connectivity index is 1.75. The van der Waals surface area contributed by atoms with Crippen molar-refractivity contribution in [2.75, 3.05) is 0 Å². The molecule has 6 heteroatoms. The van der Waals surface area contributed by atoms with Crippen LogP contribution in [0, 0.1) is 11.8 Å². The molecule has 1 saturated carbocycles. The number of hydrogen-bond acceptors (Lipinski definition) is 3. The fourth-order valence-electron chi connectivity index (χ4n) is 3.04. The highest BCUT2D eigenvalue weighted by Gasteiger charge is 2.49. The van der Waals surface area contributed by atoms with Gasteiger partial charge in [0.05, 0.1) is 11.8 Å². The third kappa shape index (κ3) is 2.60. The molecule has 3 amide bonds. The van der Waals surface area contributed by atoms with Gasteiger partial charge in [-0.25, -0.2) is 0 Å². The second kappa shape index (κ2) is 5.60. The van der Waals surface area contributed by atoms with E-state index in [1.54, 1.807) is 24.3 Å². The Kier molecular flexibility index (Phi) is 3.80. The molecule has 110 valence electrons. The summed E-state index contributed by atoms with van der Waals surface area (Å²) >= 11 is 3.29. The molecule has 1 aromatic rings. The number of rotatable bonds is 2. The van der Waals surface area contributed by atoms with Crippen LogP contribution in [0.5, 0.6) is 0 Å². The number of fused-ring (bicyclic) bond motifs is 1. The summed E-state index contributed by atoms with van der Waals surface area (Å²) in [7, 11) is 0. The highest BCUT2D eigenvalue weighted by molar-refractivity contribution is 9.10. The lowest BCUT2D eigenvalue weighted by molar-refractivity contribution is -0.142. The van der Waals surface area contributed by atoms with E-state index in [-0.39, 0.29) is 23.7 Å². The van der Waals surface area contributed by atoms with Gasteiger partial charge in [0.2, 0.25) is 0 Å². The van der Waals surface area contributed by atoms with Crippen molar-refractivity contribution in [2.24, 2.45) is 11.8 Å². The van der Waals surface area contributed by atoms with E-state index >= 15 is 0 Å². The van der Waals surface area contributed by atoms with Crippen molar-refractivity contribution in [3.05, 3.63) is 34.3 Å². The summed E-state index contributed by atoms with van der Waals surface area (Å²) in [5.74, 6) is -1.49. The van der Waals surface area contributed by atoms with E-state index in [2.05, 4.69) is 21.4 Å². The van der Waals surface area contributed by atoms with E-state index < -0.39 is 5.91 Å². The fraction of sp³-hybridized carbons (Fsp3) is 0.400. The molecule has 3 rings (SSSR count). The Morgan fingerprint density at radius 2 is 1.57 bits per heavy atom. The van der Waals surface area contributed by atoms with Crippen LogP contribution in [0.4, 0.5) is 0 Å². The molecule has 1 aliphatic carbocycles. The van der Waals surface area contributed by atoms with Crippen molar-refractivity contribution in [2.45, 2.75) is 25.7 Å². The maximum Gasteiger partial charge on any atom is 0.270 e. The van der Waals surface area contributed by atoms with Gasteiger partial charge in [0, 0.05) is 10.0 Å². The highest BCUT2D eigenvalue weighted by atomic mass is 79.9. The first kappa shape index (κ1) is 14.3. The molecule has 21 heavy (non-hydrogen) atoms. The van der Waals surface area contributed by atoms with Gasteiger partial charge < -0.3 is 0 Å². The van der Waals surface area contributed by atoms with Gasteiger partial charge in [-0.1, -0.05) is 28.8 Å². The van der Waals surface area contributed by atoms with Gasteiger partial charge in [-0.2, -0.15) is 5.01 Å². The molecular weight excluding hydrogens is 336 g/mol. The number of carbonyl (C=O) groups is 3. The molecule has 2 aliphatic rings. The Morgan fingerprint density at radius 1 is 1.05 bits per heavy atom. The van der Waals surface area contributed by atoms with Crippen LogP contribution in [-0.4, -0.2) is 22.7 Å². The minimum atomic E-state index is -0.442. The zero-order valence-corrected chi connectivity index (χ0v) is 12.9. The van der Waals surface area contributed by atoms with Crippen LogP contribution in [0.1, 0.15) is 36.0 Å². The van der Waals surface area contributed by atoms with Gasteiger partial charge in [0.15, 0.2) is 0 Å². The van der Waals surface area contributed by atoms with E-state index in [4.69, 9.17) is 0 Å². The van der Waals surface area contributed by atoms with Crippen molar-refractivity contribution in [3.8, 4) is 0 Å². The molecule has 1 heterocycles. The van der Waals surface area contributed by atoms with Crippen LogP contribution >= 0.6 is 15.9 Å². The number of benzene rings is 1. The number of nitrogens with one attached hydrogen (secondary N) is 1. The second-order valence-electron chi connectivity index (χ2n) is 5.46. The number of halogens is 1. The molecule has 2 fully saturated rings. The van der Waals surface area contributed by atoms with E-state index in [9.17, 15) is 14.4 Å². The molecule has 0 unspecified atom stereocenters. The summed E-state index contributed by atoms with van der Waals surface area (Å²) in [6.45, 7) is 0. The van der Waals surface area contributed by atoms with Gasteiger partial charge in [-0.3, -0.25) is 19.8 Å². The average molecular weight is 351 g/mol. The summed E-state index contributed by atoms with van der Waals surface area (Å²) in [6, 6.07) is 6.75. The number of nitrogens with zero attached hydrogens (tertiary/aromatic N) is 1. The minimum absolute atomic E-state index is 0.253. The van der Waals surface area contributed by atoms with E-state index in [0.717, 1.165) is 35.2 Å². The third-order valence-corrected chi connectivity index (χ3v) is 4.69. The van der Waals surface area contributed by atoms with Gasteiger partial charge >= 0.3 is 0 Å². The Labute approximate surface area is 130 Å². The first-order chi connectivity index (χ1) is 10.1. The normalized spacial score (nSPS) is 24.9. The molecule has 0 radical (unpaired) electrons. The van der Waals surface area contributed by atoms with E-state index in [0.29, 0.717) is 5.56 Å². The van der Waals surface area contributed by atoms with Gasteiger partial charge in [-0.05, 0) is 37.1 Å². The summed E-state index contributed by atoms with van der Waals surface area (Å²) < 4.78 is 0.860. The Bertz CT molecular complexity index is 575. The van der Waals surface area contributed by atoms with Crippen LogP contribution < -0.4 is 5.43 Å². The number of hydrazine groups is 1. The predicted molar refractivity (Wildman–Crippen MR) is 78.9 cm³/mol. The standard InChI is InChI=1S/C15H15BrN2O3/c16-10-7-5-9(6-8-10)13(19)17-18-14(20)11-3-1-2-4-12(11)15(18)21/h5-8,11-12H,1-4H2,(H,17,19)/t11-,12-/m0/s1. The van der Waals surface area contributed by atoms with Gasteiger partial charge in [-0.15, -0.1) is 0 Å². The van der Waals surface area contributed by atoms with Crippen LogP contribution in [0.2, 0.25) is 0 Å². The SMILES string of the molecule is O=C(NN1C(=O)[C@H]2CCCC[C@@H]2C1=O)c1ccc(Br)cc1. The molecule has 0 spiro atoms. The molecule has 0 aromatic heterocycles. The Hall–Kier alpha value is -1.69. The van der Waals surface area contributed by atoms with Crippen LogP contribution in [0.15, 0.2) is 28.7 Å². The third-order valence-electron chi connectivity index (χ3n) is 4.16. The topological polar surface area (TPSA) is 66.5 Å². The maximum absolute atomic E-state index is 12.3. The van der Waals surface area contributed by atoms with Crippen molar-refractivity contribution in [3.63, 3.8) is 0 Å². The highest BCUT2D eigenvalue weighted by Crippen LogP contribution is 2.37. The molecule has 5 nitrogen and oxygen atoms in total. The molecular formula is C15H15BrN2O3. The lowest BCUT2D eigenvalue weighted by Gasteiger charge is -2.19. The van der Waals surface area contributed by atoms with E-state index in [1.807, 2.05) is 0 Å². The van der Waals surface area contributed by atoms with Gasteiger partial charge in [0.1, 0.15) is 0 Å². The smallest absolute Gasteiger partial charge is 0.270 e. The fourth-order valence-corrected chi connectivity index (χ4v) is 3.30. The number of amides is 3. The number of imide groups is 1. The molecule has 1 aliphatic heterocycles. The summed E-state index contributed by atoms with van der Waals surface area (Å²) in [5, 5.41) is 0.922. The molecule has 1 saturated heterocycles. The van der Waals surface area contributed by atoms with Crippen molar-refractivity contribution in [1.82, 2.24) is 10.4 Å². The number of hydrogen-bond donors (Lipinski definition) is 1. The largest absolute Gasteiger partial charge is 0.272 e. The van der Waals surface area contributed by atoms with Crippen molar-refractivity contribution in [1.29, 1.82) is 0 Å². The molecule has 0 bridgehead atoms. The van der Waals surface area contributed by atoms with Gasteiger partial charge in [0.25, 0.3) is 17.7 Å². The molecule has 1 N–H and O–H groups in total. The van der Waals surface area contributed by atoms with E-state index in [1.165, 1.54) is 0 Å². The lowest BCUT2D eigenvalue weighted by Crippen LogP contribution is -2.46. The van der Waals surface area contributed by atoms with Crippen LogP contribution in [0.25, 0.3) is 0 Å². The number of carbonyl (C=O) groups excluding carboxylic acids is 3. The monoisotopic (exact) mass is 350 g/mol. The Morgan fingerprint density at radius 3 is 2.10 bits per heavy atom. The summed E-state index contributed by atoms with van der Waals surface area (Å²) in [5.41, 5.74) is 2.86.